The number of rotatable bonds is 6. The van der Waals surface area contributed by atoms with Crippen molar-refractivity contribution in [3.63, 3.8) is 0 Å². The highest BCUT2D eigenvalue weighted by atomic mass is 32.1. The molecule has 3 N–H and O–H groups in total. The van der Waals surface area contributed by atoms with Gasteiger partial charge in [-0.15, -0.1) is 5.10 Å². The van der Waals surface area contributed by atoms with Crippen molar-refractivity contribution >= 4 is 23.3 Å². The SMILES string of the molecule is CCc1nnsc1C(=O)N(CCC(N)=NO)C1CC1. The van der Waals surface area contributed by atoms with Crippen LogP contribution in [0.5, 0.6) is 0 Å². The minimum Gasteiger partial charge on any atom is -0.409 e. The molecule has 0 radical (unpaired) electrons. The molecule has 104 valence electrons. The summed E-state index contributed by atoms with van der Waals surface area (Å²) < 4.78 is 3.84. The molecule has 1 amide bonds. The fourth-order valence-electron chi connectivity index (χ4n) is 1.85. The van der Waals surface area contributed by atoms with E-state index in [0.29, 0.717) is 24.3 Å². The van der Waals surface area contributed by atoms with Crippen molar-refractivity contribution in [2.75, 3.05) is 6.54 Å². The van der Waals surface area contributed by atoms with Crippen molar-refractivity contribution in [2.45, 2.75) is 38.6 Å². The zero-order chi connectivity index (χ0) is 13.8. The molecule has 1 saturated carbocycles. The normalized spacial score (nSPS) is 15.5. The van der Waals surface area contributed by atoms with E-state index in [1.54, 1.807) is 4.90 Å². The van der Waals surface area contributed by atoms with Gasteiger partial charge in [0.25, 0.3) is 5.91 Å². The molecule has 7 nitrogen and oxygen atoms in total. The number of nitrogens with two attached hydrogens (primary N) is 1. The molecule has 8 heteroatoms. The average molecular weight is 283 g/mol. The van der Waals surface area contributed by atoms with Crippen LogP contribution in [0.4, 0.5) is 0 Å². The topological polar surface area (TPSA) is 105 Å². The van der Waals surface area contributed by atoms with E-state index in [9.17, 15) is 4.79 Å². The Labute approximate surface area is 115 Å². The lowest BCUT2D eigenvalue weighted by Crippen LogP contribution is -2.36. The average Bonchev–Trinajstić information content (AvgIpc) is 3.14. The fraction of sp³-hybridized carbons (Fsp3) is 0.636. The summed E-state index contributed by atoms with van der Waals surface area (Å²) in [4.78, 5) is 14.9. The van der Waals surface area contributed by atoms with Gasteiger partial charge < -0.3 is 15.8 Å². The van der Waals surface area contributed by atoms with Crippen LogP contribution in [-0.4, -0.2) is 44.0 Å². The van der Waals surface area contributed by atoms with Gasteiger partial charge in [-0.25, -0.2) is 0 Å². The Bertz CT molecular complexity index is 483. The standard InChI is InChI=1S/C11H17N5O2S/c1-2-8-10(19-15-13-8)11(17)16(7-3-4-7)6-5-9(12)14-18/h7,18H,2-6H2,1H3,(H2,12,14). The lowest BCUT2D eigenvalue weighted by atomic mass is 10.2. The first-order valence-corrected chi connectivity index (χ1v) is 7.03. The zero-order valence-electron chi connectivity index (χ0n) is 10.7. The van der Waals surface area contributed by atoms with Crippen molar-refractivity contribution in [1.82, 2.24) is 14.5 Å². The van der Waals surface area contributed by atoms with Crippen molar-refractivity contribution in [1.29, 1.82) is 0 Å². The smallest absolute Gasteiger partial charge is 0.267 e. The van der Waals surface area contributed by atoms with Crippen molar-refractivity contribution in [2.24, 2.45) is 10.9 Å². The predicted molar refractivity (Wildman–Crippen MR) is 71.4 cm³/mol. The maximum absolute atomic E-state index is 12.5. The molecule has 1 aliphatic carbocycles. The summed E-state index contributed by atoms with van der Waals surface area (Å²) in [6.45, 7) is 2.41. The van der Waals surface area contributed by atoms with E-state index in [2.05, 4.69) is 14.7 Å². The van der Waals surface area contributed by atoms with Gasteiger partial charge in [0.2, 0.25) is 0 Å². The summed E-state index contributed by atoms with van der Waals surface area (Å²) in [5.74, 6) is 0.0942. The van der Waals surface area contributed by atoms with E-state index in [4.69, 9.17) is 10.9 Å². The first-order valence-electron chi connectivity index (χ1n) is 6.26. The van der Waals surface area contributed by atoms with Crippen LogP contribution < -0.4 is 5.73 Å². The first-order chi connectivity index (χ1) is 9.17. The van der Waals surface area contributed by atoms with Gasteiger partial charge in [0, 0.05) is 19.0 Å². The van der Waals surface area contributed by atoms with Crippen LogP contribution in [0, 0.1) is 0 Å². The Morgan fingerprint density at radius 2 is 2.37 bits per heavy atom. The number of aryl methyl sites for hydroxylation is 1. The van der Waals surface area contributed by atoms with Gasteiger partial charge in [-0.05, 0) is 30.8 Å². The van der Waals surface area contributed by atoms with Gasteiger partial charge in [0.05, 0.1) is 5.69 Å². The number of hydrogen-bond donors (Lipinski definition) is 2. The Hall–Kier alpha value is -1.70. The monoisotopic (exact) mass is 283 g/mol. The Morgan fingerprint density at radius 3 is 2.95 bits per heavy atom. The molecule has 0 spiro atoms. The van der Waals surface area contributed by atoms with Gasteiger partial charge in [0.15, 0.2) is 0 Å². The quantitative estimate of drug-likeness (QED) is 0.348. The van der Waals surface area contributed by atoms with Gasteiger partial charge >= 0.3 is 0 Å². The lowest BCUT2D eigenvalue weighted by molar-refractivity contribution is 0.0751. The molecule has 2 rings (SSSR count). The molecule has 0 aromatic carbocycles. The lowest BCUT2D eigenvalue weighted by Gasteiger charge is -2.21. The molecule has 0 aliphatic heterocycles. The van der Waals surface area contributed by atoms with Gasteiger partial charge in [-0.2, -0.15) is 0 Å². The number of amidine groups is 1. The Balaban J connectivity index is 2.08. The predicted octanol–water partition coefficient (Wildman–Crippen LogP) is 0.842. The largest absolute Gasteiger partial charge is 0.409 e. The first kappa shape index (κ1) is 13.7. The third-order valence-electron chi connectivity index (χ3n) is 3.07. The minimum absolute atomic E-state index is 0.0416. The third kappa shape index (κ3) is 3.19. The summed E-state index contributed by atoms with van der Waals surface area (Å²) in [5, 5.41) is 15.4. The molecule has 0 bridgehead atoms. The van der Waals surface area contributed by atoms with Crippen molar-refractivity contribution < 1.29 is 10.0 Å². The molecule has 1 aromatic rings. The van der Waals surface area contributed by atoms with Crippen LogP contribution in [-0.2, 0) is 6.42 Å². The molecule has 0 unspecified atom stereocenters. The molecule has 1 fully saturated rings. The number of hydrogen-bond acceptors (Lipinski definition) is 6. The molecular formula is C11H17N5O2S. The van der Waals surface area contributed by atoms with E-state index in [-0.39, 0.29) is 17.8 Å². The molecule has 19 heavy (non-hydrogen) atoms. The number of carbonyl (C=O) groups is 1. The summed E-state index contributed by atoms with van der Waals surface area (Å²) in [6.07, 6.45) is 3.08. The van der Waals surface area contributed by atoms with E-state index in [0.717, 1.165) is 30.1 Å². The fourth-order valence-corrected chi connectivity index (χ4v) is 2.56. The Morgan fingerprint density at radius 1 is 1.63 bits per heavy atom. The van der Waals surface area contributed by atoms with E-state index >= 15 is 0 Å². The second-order valence-corrected chi connectivity index (χ2v) is 5.23. The molecular weight excluding hydrogens is 266 g/mol. The van der Waals surface area contributed by atoms with Gasteiger partial charge in [-0.1, -0.05) is 16.6 Å². The summed E-state index contributed by atoms with van der Waals surface area (Å²) in [7, 11) is 0. The second-order valence-electron chi connectivity index (χ2n) is 4.47. The highest BCUT2D eigenvalue weighted by Crippen LogP contribution is 2.29. The highest BCUT2D eigenvalue weighted by Gasteiger charge is 2.34. The van der Waals surface area contributed by atoms with Crippen LogP contribution in [0.1, 0.15) is 41.6 Å². The van der Waals surface area contributed by atoms with E-state index < -0.39 is 0 Å². The van der Waals surface area contributed by atoms with Crippen LogP contribution >= 0.6 is 11.5 Å². The maximum atomic E-state index is 12.5. The summed E-state index contributed by atoms with van der Waals surface area (Å²) in [5.41, 5.74) is 6.20. The molecule has 1 heterocycles. The van der Waals surface area contributed by atoms with Gasteiger partial charge in [0.1, 0.15) is 10.7 Å². The second kappa shape index (κ2) is 5.96. The Kier molecular flexibility index (Phi) is 4.31. The summed E-state index contributed by atoms with van der Waals surface area (Å²) >= 11 is 1.13. The molecule has 0 atom stereocenters. The van der Waals surface area contributed by atoms with E-state index in [1.165, 1.54) is 0 Å². The van der Waals surface area contributed by atoms with Gasteiger partial charge in [-0.3, -0.25) is 4.79 Å². The van der Waals surface area contributed by atoms with Crippen molar-refractivity contribution in [3.8, 4) is 0 Å². The van der Waals surface area contributed by atoms with Crippen LogP contribution in [0.3, 0.4) is 0 Å². The molecule has 1 aliphatic rings. The number of nitrogens with zero attached hydrogens (tertiary/aromatic N) is 4. The van der Waals surface area contributed by atoms with E-state index in [1.807, 2.05) is 6.92 Å². The number of oxime groups is 1. The number of amides is 1. The molecule has 1 aromatic heterocycles. The summed E-state index contributed by atoms with van der Waals surface area (Å²) in [6, 6.07) is 0.269. The van der Waals surface area contributed by atoms with Crippen LogP contribution in [0.2, 0.25) is 0 Å². The number of carbonyl (C=O) groups excluding carboxylic acids is 1. The highest BCUT2D eigenvalue weighted by molar-refractivity contribution is 7.08. The minimum atomic E-state index is -0.0416. The zero-order valence-corrected chi connectivity index (χ0v) is 11.6. The van der Waals surface area contributed by atoms with Crippen LogP contribution in [0.25, 0.3) is 0 Å². The maximum Gasteiger partial charge on any atom is 0.267 e. The van der Waals surface area contributed by atoms with Crippen molar-refractivity contribution in [3.05, 3.63) is 10.6 Å². The number of aromatic nitrogens is 2. The third-order valence-corrected chi connectivity index (χ3v) is 3.83. The molecule has 0 saturated heterocycles. The van der Waals surface area contributed by atoms with Crippen LogP contribution in [0.15, 0.2) is 5.16 Å².